The summed E-state index contributed by atoms with van der Waals surface area (Å²) in [5.74, 6) is 0. The molecule has 0 fully saturated rings. The molecular weight excluding hydrogens is 1330 g/mol. The molecule has 15 aromatic rings. The monoisotopic (exact) mass is 1420 g/mol. The Bertz CT molecular complexity index is 5030. The fourth-order valence-corrected chi connectivity index (χ4v) is 12.4. The molecule has 0 radical (unpaired) electrons. The lowest BCUT2D eigenvalue weighted by Crippen LogP contribution is -2.14. The molecule has 0 amide bonds. The third-order valence-electron chi connectivity index (χ3n) is 18.0. The topological polar surface area (TPSA) is 155 Å². The second-order valence-electron chi connectivity index (χ2n) is 29.6. The number of nitrogens with zero attached hydrogens (tertiary/aromatic N) is 12. The molecular formula is C94H87ClN12. The lowest BCUT2D eigenvalue weighted by molar-refractivity contribution is 0.587. The van der Waals surface area contributed by atoms with Crippen molar-refractivity contribution in [2.75, 3.05) is 0 Å². The molecule has 0 unspecified atom stereocenters. The molecule has 0 aliphatic carbocycles. The van der Waals surface area contributed by atoms with Crippen LogP contribution in [0.2, 0.25) is 5.02 Å². The number of aryl methyl sites for hydroxylation is 4. The SMILES string of the molecule is CC(C)(C)c1ccnc(-c2cc(C(C)(C)C)cc(-c3cc(C(C)(C)C)ccn3)n2)c1.Cc1cc(C)c(-c2cc(-c3ccccn3)nc(-c3ccccn3)c2)c(C)c1.Cc1ccc(-c2cc(-c3ccccn3)nc(-c3ccccn3)c2)cc1.Clc1ccc(-c2cc(-c3ccccn3)nc(-c3ccccn3)c2)cc1. The Labute approximate surface area is 634 Å². The number of halogens is 1. The number of hydrogen-bond acceptors (Lipinski definition) is 12. The van der Waals surface area contributed by atoms with Gasteiger partial charge in [0.25, 0.3) is 0 Å². The van der Waals surface area contributed by atoms with Crippen molar-refractivity contribution in [3.63, 3.8) is 0 Å². The van der Waals surface area contributed by atoms with Crippen molar-refractivity contribution in [1.29, 1.82) is 0 Å². The summed E-state index contributed by atoms with van der Waals surface area (Å²) in [7, 11) is 0. The van der Waals surface area contributed by atoms with Gasteiger partial charge in [-0.1, -0.05) is 170 Å². The van der Waals surface area contributed by atoms with E-state index in [0.717, 1.165) is 119 Å². The first-order valence-electron chi connectivity index (χ1n) is 35.9. The summed E-state index contributed by atoms with van der Waals surface area (Å²) >= 11 is 6.02. The molecule has 12 heterocycles. The molecule has 3 aromatic carbocycles. The molecule has 0 spiro atoms. The Kier molecular flexibility index (Phi) is 23.1. The zero-order valence-electron chi connectivity index (χ0n) is 63.0. The molecule has 0 N–H and O–H groups in total. The van der Waals surface area contributed by atoms with E-state index in [4.69, 9.17) is 31.5 Å². The van der Waals surface area contributed by atoms with E-state index in [1.165, 1.54) is 44.5 Å². The van der Waals surface area contributed by atoms with Gasteiger partial charge in [-0.3, -0.25) is 39.9 Å². The van der Waals surface area contributed by atoms with E-state index >= 15 is 0 Å². The summed E-state index contributed by atoms with van der Waals surface area (Å²) in [6.07, 6.45) is 14.5. The molecule has 107 heavy (non-hydrogen) atoms. The molecule has 0 saturated carbocycles. The molecule has 13 heteroatoms. The van der Waals surface area contributed by atoms with Gasteiger partial charge in [-0.2, -0.15) is 0 Å². The van der Waals surface area contributed by atoms with E-state index in [0.29, 0.717) is 5.02 Å². The average molecular weight is 1420 g/mol. The van der Waals surface area contributed by atoms with Crippen molar-refractivity contribution >= 4 is 11.6 Å². The van der Waals surface area contributed by atoms with Gasteiger partial charge in [0.15, 0.2) is 0 Å². The van der Waals surface area contributed by atoms with Crippen molar-refractivity contribution in [2.24, 2.45) is 0 Å². The minimum Gasteiger partial charge on any atom is -0.255 e. The summed E-state index contributed by atoms with van der Waals surface area (Å²) in [6.45, 7) is 28.6. The molecule has 12 aromatic heterocycles. The number of aromatic nitrogens is 12. The number of rotatable bonds is 11. The highest BCUT2D eigenvalue weighted by Crippen LogP contribution is 2.37. The fraction of sp³-hybridized carbons (Fsp3) is 0.170. The predicted octanol–water partition coefficient (Wildman–Crippen LogP) is 23.6. The summed E-state index contributed by atoms with van der Waals surface area (Å²) in [5.41, 5.74) is 29.4. The first-order chi connectivity index (χ1) is 51.4. The van der Waals surface area contributed by atoms with E-state index in [1.807, 2.05) is 158 Å². The largest absolute Gasteiger partial charge is 0.255 e. The van der Waals surface area contributed by atoms with Crippen LogP contribution in [0.1, 0.15) is 101 Å². The fourth-order valence-electron chi connectivity index (χ4n) is 12.3. The minimum atomic E-state index is -0.00425. The van der Waals surface area contributed by atoms with E-state index in [2.05, 4.69) is 227 Å². The van der Waals surface area contributed by atoms with Gasteiger partial charge in [-0.05, 0) is 263 Å². The van der Waals surface area contributed by atoms with Gasteiger partial charge in [-0.15, -0.1) is 0 Å². The Morgan fingerprint density at radius 3 is 0.757 bits per heavy atom. The molecule has 530 valence electrons. The zero-order valence-corrected chi connectivity index (χ0v) is 63.7. The second-order valence-corrected chi connectivity index (χ2v) is 30.0. The quantitative estimate of drug-likeness (QED) is 0.121. The summed E-state index contributed by atoms with van der Waals surface area (Å²) < 4.78 is 0. The third-order valence-corrected chi connectivity index (χ3v) is 18.3. The van der Waals surface area contributed by atoms with E-state index in [9.17, 15) is 0 Å². The molecule has 12 nitrogen and oxygen atoms in total. The van der Waals surface area contributed by atoms with Crippen LogP contribution in [0.25, 0.3) is 124 Å². The normalized spacial score (nSPS) is 11.3. The van der Waals surface area contributed by atoms with Crippen LogP contribution < -0.4 is 0 Å². The Balaban J connectivity index is 0.000000134. The van der Waals surface area contributed by atoms with Gasteiger partial charge in [0, 0.05) is 54.6 Å². The lowest BCUT2D eigenvalue weighted by Gasteiger charge is -2.22. The highest BCUT2D eigenvalue weighted by Gasteiger charge is 2.23. The van der Waals surface area contributed by atoms with Crippen LogP contribution in [-0.2, 0) is 16.2 Å². The maximum atomic E-state index is 6.02. The van der Waals surface area contributed by atoms with Crippen LogP contribution >= 0.6 is 11.6 Å². The first kappa shape index (κ1) is 74.5. The van der Waals surface area contributed by atoms with Gasteiger partial charge >= 0.3 is 0 Å². The van der Waals surface area contributed by atoms with E-state index in [-0.39, 0.29) is 16.2 Å². The lowest BCUT2D eigenvalue weighted by atomic mass is 9.84. The molecule has 0 bridgehead atoms. The molecule has 0 aliphatic rings. The zero-order chi connectivity index (χ0) is 75.2. The van der Waals surface area contributed by atoms with Crippen molar-refractivity contribution in [1.82, 2.24) is 59.8 Å². The van der Waals surface area contributed by atoms with Crippen molar-refractivity contribution in [2.45, 2.75) is 106 Å². The predicted molar refractivity (Wildman–Crippen MR) is 439 cm³/mol. The third kappa shape index (κ3) is 19.4. The molecule has 0 aliphatic heterocycles. The minimum absolute atomic E-state index is 0.00425. The highest BCUT2D eigenvalue weighted by atomic mass is 35.5. The van der Waals surface area contributed by atoms with E-state index in [1.54, 1.807) is 37.2 Å². The Morgan fingerprint density at radius 2 is 0.477 bits per heavy atom. The Hall–Kier alpha value is -12.3. The maximum absolute atomic E-state index is 6.02. The number of benzene rings is 3. The van der Waals surface area contributed by atoms with Crippen LogP contribution in [0.3, 0.4) is 0 Å². The number of hydrogen-bond donors (Lipinski definition) is 0. The molecule has 0 atom stereocenters. The number of pyridine rings is 12. The highest BCUT2D eigenvalue weighted by molar-refractivity contribution is 6.30. The van der Waals surface area contributed by atoms with Crippen LogP contribution in [0.4, 0.5) is 0 Å². The summed E-state index contributed by atoms with van der Waals surface area (Å²) in [6, 6.07) is 81.2. The van der Waals surface area contributed by atoms with E-state index < -0.39 is 0 Å². The van der Waals surface area contributed by atoms with Gasteiger partial charge in [0.1, 0.15) is 0 Å². The van der Waals surface area contributed by atoms with Crippen LogP contribution in [-0.4, -0.2) is 59.8 Å². The summed E-state index contributed by atoms with van der Waals surface area (Å²) in [4.78, 5) is 55.5. The first-order valence-corrected chi connectivity index (χ1v) is 36.3. The Morgan fingerprint density at radius 1 is 0.215 bits per heavy atom. The second kappa shape index (κ2) is 33.2. The summed E-state index contributed by atoms with van der Waals surface area (Å²) in [5, 5.41) is 0.715. The van der Waals surface area contributed by atoms with Gasteiger partial charge < -0.3 is 0 Å². The molecule has 15 rings (SSSR count). The van der Waals surface area contributed by atoms with Crippen LogP contribution in [0.15, 0.2) is 292 Å². The van der Waals surface area contributed by atoms with Gasteiger partial charge in [0.05, 0.1) is 91.1 Å². The van der Waals surface area contributed by atoms with Crippen LogP contribution in [0.5, 0.6) is 0 Å². The standard InChI is InChI=1S/C27H35N3.C24H21N3.C22H17N3.C21H14ClN3/c1-25(2,3)18-10-12-28-21(14-18)23-16-20(27(7,8)9)17-24(30-23)22-15-19(11-13-29-22)26(4,5)6;1-16-12-17(2)24(18(3)13-16)19-14-22(20-8-4-6-10-25-20)27-23(15-19)21-9-5-7-11-26-21;1-16-8-10-17(11-9-16)18-14-21(19-6-2-4-12-23-19)25-22(15-18)20-7-3-5-13-24-20;22-17-9-7-15(8-10-17)16-13-20(18-5-1-3-11-23-18)25-21(14-16)19-6-2-4-12-24-19/h10-17H,1-9H3;4-15H,1-3H3;2-15H,1H3;1-14H. The smallest absolute Gasteiger partial charge is 0.0900 e. The van der Waals surface area contributed by atoms with Crippen molar-refractivity contribution in [3.05, 3.63) is 336 Å². The molecule has 0 saturated heterocycles. The maximum Gasteiger partial charge on any atom is 0.0900 e. The van der Waals surface area contributed by atoms with Crippen LogP contribution in [0, 0.1) is 27.7 Å². The van der Waals surface area contributed by atoms with Crippen molar-refractivity contribution < 1.29 is 0 Å². The average Bonchev–Trinajstić information content (AvgIpc) is 0.809. The van der Waals surface area contributed by atoms with Gasteiger partial charge in [-0.25, -0.2) is 19.9 Å². The van der Waals surface area contributed by atoms with Crippen molar-refractivity contribution in [3.8, 4) is 124 Å². The van der Waals surface area contributed by atoms with Gasteiger partial charge in [0.2, 0.25) is 0 Å².